The largest absolute Gasteiger partial charge is 0.352 e. The Bertz CT molecular complexity index is 854. The molecule has 2 heterocycles. The Hall–Kier alpha value is -2.94. The Balaban J connectivity index is 1.58. The predicted molar refractivity (Wildman–Crippen MR) is 104 cm³/mol. The van der Waals surface area contributed by atoms with Crippen molar-refractivity contribution in [2.24, 2.45) is 10.2 Å². The van der Waals surface area contributed by atoms with E-state index in [0.29, 0.717) is 25.8 Å². The van der Waals surface area contributed by atoms with Crippen molar-refractivity contribution in [3.8, 4) is 18.0 Å². The van der Waals surface area contributed by atoms with Crippen molar-refractivity contribution in [2.75, 3.05) is 0 Å². The van der Waals surface area contributed by atoms with Gasteiger partial charge in [-0.05, 0) is 18.1 Å². The maximum absolute atomic E-state index is 12.3. The number of amides is 1. The molecule has 0 saturated heterocycles. The van der Waals surface area contributed by atoms with Gasteiger partial charge in [0.15, 0.2) is 5.66 Å². The molecule has 140 valence electrons. The molecule has 0 bridgehead atoms. The number of benzene rings is 1. The summed E-state index contributed by atoms with van der Waals surface area (Å²) in [5.41, 5.74) is 2.62. The number of aromatic nitrogens is 2. The van der Waals surface area contributed by atoms with E-state index in [9.17, 15) is 4.79 Å². The Labute approximate surface area is 160 Å². The predicted octanol–water partition coefficient (Wildman–Crippen LogP) is 3.97. The van der Waals surface area contributed by atoms with Crippen molar-refractivity contribution in [3.63, 3.8) is 0 Å². The third-order valence-electron chi connectivity index (χ3n) is 4.67. The number of nitrogens with zero attached hydrogens (tertiary/aromatic N) is 4. The van der Waals surface area contributed by atoms with E-state index in [1.807, 2.05) is 41.2 Å². The van der Waals surface area contributed by atoms with Gasteiger partial charge in [0.05, 0.1) is 11.4 Å². The number of carbonyl (C=O) groups excluding carboxylic acids is 1. The molecule has 27 heavy (non-hydrogen) atoms. The van der Waals surface area contributed by atoms with Crippen molar-refractivity contribution in [2.45, 2.75) is 57.7 Å². The van der Waals surface area contributed by atoms with E-state index in [2.05, 4.69) is 35.3 Å². The van der Waals surface area contributed by atoms with Gasteiger partial charge >= 0.3 is 0 Å². The number of hydrogen-bond acceptors (Lipinski definition) is 4. The van der Waals surface area contributed by atoms with Crippen LogP contribution in [0.5, 0.6) is 0 Å². The fraction of sp³-hybridized carbons (Fsp3) is 0.429. The lowest BCUT2D eigenvalue weighted by Crippen LogP contribution is -2.25. The van der Waals surface area contributed by atoms with E-state index in [1.54, 1.807) is 0 Å². The Morgan fingerprint density at radius 3 is 2.63 bits per heavy atom. The second-order valence-corrected chi connectivity index (χ2v) is 7.14. The second-order valence-electron chi connectivity index (χ2n) is 7.14. The fourth-order valence-corrected chi connectivity index (χ4v) is 3.02. The lowest BCUT2D eigenvalue weighted by Gasteiger charge is -2.10. The first-order chi connectivity index (χ1) is 13.0. The SMILES string of the molecule is C#CCCC1(CCC(=O)NCc2cn(-c3ccccc3)nc2C(C)C)N=N1. The summed E-state index contributed by atoms with van der Waals surface area (Å²) >= 11 is 0. The molecule has 0 spiro atoms. The molecule has 0 unspecified atom stereocenters. The van der Waals surface area contributed by atoms with Gasteiger partial charge in [-0.15, -0.1) is 12.3 Å². The standard InChI is InChI=1S/C21H25N5O/c1-4-5-12-21(24-25-21)13-11-19(27)22-14-17-15-26(23-20(17)16(2)3)18-9-7-6-8-10-18/h1,6-10,15-16H,5,11-14H2,2-3H3,(H,22,27). The average Bonchev–Trinajstić information content (AvgIpc) is 3.32. The lowest BCUT2D eigenvalue weighted by atomic mass is 10.0. The summed E-state index contributed by atoms with van der Waals surface area (Å²) in [4.78, 5) is 12.3. The average molecular weight is 363 g/mol. The summed E-state index contributed by atoms with van der Waals surface area (Å²) in [5, 5.41) is 15.8. The molecule has 0 fully saturated rings. The van der Waals surface area contributed by atoms with Gasteiger partial charge in [0.1, 0.15) is 0 Å². The monoisotopic (exact) mass is 363 g/mol. The quantitative estimate of drug-likeness (QED) is 0.685. The molecule has 0 saturated carbocycles. The second kappa shape index (κ2) is 8.17. The third-order valence-corrected chi connectivity index (χ3v) is 4.67. The topological polar surface area (TPSA) is 71.6 Å². The first-order valence-corrected chi connectivity index (χ1v) is 9.31. The van der Waals surface area contributed by atoms with Crippen molar-refractivity contribution in [3.05, 3.63) is 47.8 Å². The molecule has 1 aromatic carbocycles. The summed E-state index contributed by atoms with van der Waals surface area (Å²) in [6.07, 6.45) is 9.64. The van der Waals surface area contributed by atoms with Gasteiger partial charge in [-0.3, -0.25) is 4.79 Å². The zero-order chi connectivity index (χ0) is 19.3. The number of para-hydroxylation sites is 1. The number of carbonyl (C=O) groups is 1. The molecule has 0 radical (unpaired) electrons. The maximum Gasteiger partial charge on any atom is 0.220 e. The molecule has 0 aliphatic carbocycles. The Morgan fingerprint density at radius 1 is 1.26 bits per heavy atom. The van der Waals surface area contributed by atoms with Crippen LogP contribution in [0.2, 0.25) is 0 Å². The highest BCUT2D eigenvalue weighted by atomic mass is 16.1. The molecule has 3 rings (SSSR count). The highest BCUT2D eigenvalue weighted by molar-refractivity contribution is 5.76. The molecule has 1 aliphatic rings. The summed E-state index contributed by atoms with van der Waals surface area (Å²) in [6, 6.07) is 9.97. The minimum Gasteiger partial charge on any atom is -0.352 e. The minimum atomic E-state index is -0.412. The zero-order valence-corrected chi connectivity index (χ0v) is 15.9. The first kappa shape index (κ1) is 18.8. The molecule has 6 nitrogen and oxygen atoms in total. The normalized spacial score (nSPS) is 14.1. The van der Waals surface area contributed by atoms with E-state index >= 15 is 0 Å². The van der Waals surface area contributed by atoms with E-state index in [1.165, 1.54) is 0 Å². The van der Waals surface area contributed by atoms with E-state index in [0.717, 1.165) is 23.4 Å². The first-order valence-electron chi connectivity index (χ1n) is 9.31. The van der Waals surface area contributed by atoms with Crippen molar-refractivity contribution >= 4 is 5.91 Å². The van der Waals surface area contributed by atoms with Gasteiger partial charge in [-0.1, -0.05) is 32.0 Å². The number of terminal acetylenes is 1. The van der Waals surface area contributed by atoms with Crippen LogP contribution < -0.4 is 5.32 Å². The number of hydrogen-bond donors (Lipinski definition) is 1. The third kappa shape index (κ3) is 4.82. The highest BCUT2D eigenvalue weighted by Crippen LogP contribution is 2.37. The maximum atomic E-state index is 12.3. The fourth-order valence-electron chi connectivity index (χ4n) is 3.02. The van der Waals surface area contributed by atoms with E-state index in [4.69, 9.17) is 11.5 Å². The summed E-state index contributed by atoms with van der Waals surface area (Å²) in [7, 11) is 0. The van der Waals surface area contributed by atoms with Crippen LogP contribution in [0, 0.1) is 12.3 Å². The molecule has 1 aliphatic heterocycles. The van der Waals surface area contributed by atoms with Crippen LogP contribution in [0.1, 0.15) is 56.7 Å². The van der Waals surface area contributed by atoms with Crippen LogP contribution in [0.15, 0.2) is 46.8 Å². The van der Waals surface area contributed by atoms with Crippen molar-refractivity contribution in [1.82, 2.24) is 15.1 Å². The van der Waals surface area contributed by atoms with E-state index < -0.39 is 5.66 Å². The molecule has 0 atom stereocenters. The zero-order valence-electron chi connectivity index (χ0n) is 15.9. The summed E-state index contributed by atoms with van der Waals surface area (Å²) in [5.74, 6) is 2.87. The van der Waals surface area contributed by atoms with Gasteiger partial charge in [0, 0.05) is 44.0 Å². The summed E-state index contributed by atoms with van der Waals surface area (Å²) in [6.45, 7) is 4.67. The van der Waals surface area contributed by atoms with Crippen LogP contribution in [0.4, 0.5) is 0 Å². The van der Waals surface area contributed by atoms with Crippen LogP contribution in [0.3, 0.4) is 0 Å². The molecule has 1 aromatic heterocycles. The molecule has 2 aromatic rings. The molecular weight excluding hydrogens is 338 g/mol. The minimum absolute atomic E-state index is 0.00505. The summed E-state index contributed by atoms with van der Waals surface area (Å²) < 4.78 is 1.87. The highest BCUT2D eigenvalue weighted by Gasteiger charge is 2.39. The number of nitrogens with one attached hydrogen (secondary N) is 1. The van der Waals surface area contributed by atoms with Gasteiger partial charge in [0.25, 0.3) is 0 Å². The van der Waals surface area contributed by atoms with Crippen LogP contribution in [-0.2, 0) is 11.3 Å². The Kier molecular flexibility index (Phi) is 5.70. The van der Waals surface area contributed by atoms with Crippen LogP contribution in [0.25, 0.3) is 5.69 Å². The Morgan fingerprint density at radius 2 is 2.00 bits per heavy atom. The molecule has 1 N–H and O–H groups in total. The van der Waals surface area contributed by atoms with Crippen LogP contribution in [-0.4, -0.2) is 21.4 Å². The molecule has 6 heteroatoms. The number of rotatable bonds is 9. The smallest absolute Gasteiger partial charge is 0.220 e. The van der Waals surface area contributed by atoms with Gasteiger partial charge in [0.2, 0.25) is 5.91 Å². The van der Waals surface area contributed by atoms with Crippen molar-refractivity contribution < 1.29 is 4.79 Å². The van der Waals surface area contributed by atoms with Crippen LogP contribution >= 0.6 is 0 Å². The molecule has 1 amide bonds. The van der Waals surface area contributed by atoms with Gasteiger partial charge in [-0.25, -0.2) is 4.68 Å². The lowest BCUT2D eigenvalue weighted by molar-refractivity contribution is -0.121. The van der Waals surface area contributed by atoms with Gasteiger partial charge in [-0.2, -0.15) is 15.3 Å². The van der Waals surface area contributed by atoms with Crippen molar-refractivity contribution in [1.29, 1.82) is 0 Å². The van der Waals surface area contributed by atoms with E-state index in [-0.39, 0.29) is 11.8 Å². The molecular formula is C21H25N5O. The van der Waals surface area contributed by atoms with Gasteiger partial charge < -0.3 is 5.32 Å².